The summed E-state index contributed by atoms with van der Waals surface area (Å²) in [5, 5.41) is 13.6. The maximum atomic E-state index is 12.9. The van der Waals surface area contributed by atoms with Gasteiger partial charge in [-0.05, 0) is 48.2 Å². The van der Waals surface area contributed by atoms with Gasteiger partial charge in [-0.25, -0.2) is 4.39 Å². The fraction of sp³-hybridized carbons (Fsp3) is 0.200. The van der Waals surface area contributed by atoms with Crippen LogP contribution in [0.3, 0.4) is 0 Å². The number of hydrogen-bond acceptors (Lipinski definition) is 8. The fourth-order valence-corrected chi connectivity index (χ4v) is 4.06. The summed E-state index contributed by atoms with van der Waals surface area (Å²) < 4.78 is 24.5. The fourth-order valence-electron chi connectivity index (χ4n) is 2.41. The van der Waals surface area contributed by atoms with Gasteiger partial charge in [-0.2, -0.15) is 0 Å². The van der Waals surface area contributed by atoms with Gasteiger partial charge >= 0.3 is 0 Å². The van der Waals surface area contributed by atoms with Crippen LogP contribution in [-0.2, 0) is 4.79 Å². The largest absolute Gasteiger partial charge is 0.493 e. The number of amides is 2. The molecule has 0 spiro atoms. The van der Waals surface area contributed by atoms with Gasteiger partial charge in [0.2, 0.25) is 5.13 Å². The molecule has 2 amide bonds. The van der Waals surface area contributed by atoms with Crippen LogP contribution in [0.2, 0.25) is 0 Å². The van der Waals surface area contributed by atoms with Crippen molar-refractivity contribution in [2.75, 3.05) is 30.1 Å². The number of aromatic nitrogens is 2. The van der Waals surface area contributed by atoms with Crippen molar-refractivity contribution in [3.05, 3.63) is 53.8 Å². The van der Waals surface area contributed by atoms with Gasteiger partial charge < -0.3 is 14.8 Å². The molecule has 0 fully saturated rings. The molecule has 0 saturated carbocycles. The Bertz CT molecular complexity index is 1060. The van der Waals surface area contributed by atoms with E-state index in [0.29, 0.717) is 27.9 Å². The molecular weight excluding hydrogens is 443 g/mol. The Balaban J connectivity index is 1.60. The SMILES string of the molecule is CCSc1nnc(NC(=O)c2ccc(OCC(=O)Nc3ccc(F)cc3)c(OC)c2)s1. The first-order chi connectivity index (χ1) is 15.0. The lowest BCUT2D eigenvalue weighted by molar-refractivity contribution is -0.118. The van der Waals surface area contributed by atoms with Crippen molar-refractivity contribution in [1.29, 1.82) is 0 Å². The summed E-state index contributed by atoms with van der Waals surface area (Å²) in [6, 6.07) is 9.98. The van der Waals surface area contributed by atoms with E-state index in [1.165, 1.54) is 54.8 Å². The van der Waals surface area contributed by atoms with Crippen LogP contribution in [0.15, 0.2) is 46.8 Å². The van der Waals surface area contributed by atoms with E-state index in [0.717, 1.165) is 10.1 Å². The third kappa shape index (κ3) is 6.40. The second kappa shape index (κ2) is 10.7. The molecule has 2 N–H and O–H groups in total. The smallest absolute Gasteiger partial charge is 0.262 e. The third-order valence-electron chi connectivity index (χ3n) is 3.81. The lowest BCUT2D eigenvalue weighted by atomic mass is 10.2. The number of nitrogens with zero attached hydrogens (tertiary/aromatic N) is 2. The van der Waals surface area contributed by atoms with Crippen LogP contribution in [0.25, 0.3) is 0 Å². The van der Waals surface area contributed by atoms with E-state index in [-0.39, 0.29) is 12.5 Å². The number of anilines is 2. The van der Waals surface area contributed by atoms with Crippen molar-refractivity contribution < 1.29 is 23.5 Å². The highest BCUT2D eigenvalue weighted by Gasteiger charge is 2.15. The number of hydrogen-bond donors (Lipinski definition) is 2. The highest BCUT2D eigenvalue weighted by molar-refractivity contribution is 8.01. The minimum Gasteiger partial charge on any atom is -0.493 e. The highest BCUT2D eigenvalue weighted by Crippen LogP contribution is 2.29. The van der Waals surface area contributed by atoms with Crippen molar-refractivity contribution in [3.63, 3.8) is 0 Å². The molecule has 3 aromatic rings. The van der Waals surface area contributed by atoms with E-state index in [2.05, 4.69) is 20.8 Å². The first-order valence-electron chi connectivity index (χ1n) is 9.12. The molecule has 0 saturated heterocycles. The first kappa shape index (κ1) is 22.5. The van der Waals surface area contributed by atoms with Gasteiger partial charge in [0.15, 0.2) is 22.4 Å². The van der Waals surface area contributed by atoms with Gasteiger partial charge in [0.1, 0.15) is 5.82 Å². The number of rotatable bonds is 9. The van der Waals surface area contributed by atoms with Crippen LogP contribution < -0.4 is 20.1 Å². The Morgan fingerprint density at radius 2 is 1.87 bits per heavy atom. The lowest BCUT2D eigenvalue weighted by Gasteiger charge is -2.12. The van der Waals surface area contributed by atoms with E-state index < -0.39 is 11.7 Å². The van der Waals surface area contributed by atoms with E-state index in [4.69, 9.17) is 9.47 Å². The van der Waals surface area contributed by atoms with Gasteiger partial charge in [-0.1, -0.05) is 30.0 Å². The number of benzene rings is 2. The van der Waals surface area contributed by atoms with Gasteiger partial charge in [-0.15, -0.1) is 10.2 Å². The predicted octanol–water partition coefficient (Wildman–Crippen LogP) is 4.07. The van der Waals surface area contributed by atoms with Crippen molar-refractivity contribution in [2.45, 2.75) is 11.3 Å². The summed E-state index contributed by atoms with van der Waals surface area (Å²) in [6.45, 7) is 1.72. The number of thioether (sulfide) groups is 1. The second-order valence-electron chi connectivity index (χ2n) is 5.97. The molecule has 0 unspecified atom stereocenters. The average Bonchev–Trinajstić information content (AvgIpc) is 3.20. The quantitative estimate of drug-likeness (QED) is 0.365. The number of nitrogens with one attached hydrogen (secondary N) is 2. The molecule has 0 aliphatic heterocycles. The van der Waals surface area contributed by atoms with Crippen molar-refractivity contribution in [2.24, 2.45) is 0 Å². The minimum atomic E-state index is -0.424. The van der Waals surface area contributed by atoms with Crippen LogP contribution in [0, 0.1) is 5.82 Å². The second-order valence-corrected chi connectivity index (χ2v) is 8.46. The summed E-state index contributed by atoms with van der Waals surface area (Å²) >= 11 is 2.84. The summed E-state index contributed by atoms with van der Waals surface area (Å²) in [4.78, 5) is 24.5. The first-order valence-corrected chi connectivity index (χ1v) is 10.9. The number of halogens is 1. The molecule has 31 heavy (non-hydrogen) atoms. The number of carbonyl (C=O) groups excluding carboxylic acids is 2. The molecule has 8 nitrogen and oxygen atoms in total. The molecule has 1 heterocycles. The number of ether oxygens (including phenoxy) is 2. The van der Waals surface area contributed by atoms with Crippen molar-refractivity contribution in [3.8, 4) is 11.5 Å². The molecule has 0 radical (unpaired) electrons. The Labute approximate surface area is 186 Å². The lowest BCUT2D eigenvalue weighted by Crippen LogP contribution is -2.20. The van der Waals surface area contributed by atoms with Crippen LogP contribution in [0.4, 0.5) is 15.2 Å². The predicted molar refractivity (Wildman–Crippen MR) is 118 cm³/mol. The average molecular weight is 463 g/mol. The van der Waals surface area contributed by atoms with Gasteiger partial charge in [0.05, 0.1) is 7.11 Å². The molecule has 0 aliphatic rings. The van der Waals surface area contributed by atoms with Crippen LogP contribution in [0.1, 0.15) is 17.3 Å². The normalized spacial score (nSPS) is 10.4. The molecule has 0 atom stereocenters. The number of carbonyl (C=O) groups is 2. The van der Waals surface area contributed by atoms with Gasteiger partial charge in [0.25, 0.3) is 11.8 Å². The summed E-state index contributed by atoms with van der Waals surface area (Å²) in [7, 11) is 1.43. The van der Waals surface area contributed by atoms with E-state index in [1.807, 2.05) is 6.92 Å². The molecule has 1 aromatic heterocycles. The summed E-state index contributed by atoms with van der Waals surface area (Å²) in [5.41, 5.74) is 0.783. The third-order valence-corrected chi connectivity index (χ3v) is 5.66. The van der Waals surface area contributed by atoms with Gasteiger partial charge in [0, 0.05) is 11.3 Å². The Morgan fingerprint density at radius 3 is 2.58 bits per heavy atom. The Kier molecular flexibility index (Phi) is 7.79. The molecular formula is C20H19FN4O4S2. The summed E-state index contributed by atoms with van der Waals surface area (Å²) in [5.74, 6) is 0.265. The Hall–Kier alpha value is -3.18. The van der Waals surface area contributed by atoms with Crippen LogP contribution >= 0.6 is 23.1 Å². The van der Waals surface area contributed by atoms with E-state index in [9.17, 15) is 14.0 Å². The molecule has 0 aliphatic carbocycles. The molecule has 2 aromatic carbocycles. The Morgan fingerprint density at radius 1 is 1.10 bits per heavy atom. The maximum absolute atomic E-state index is 12.9. The van der Waals surface area contributed by atoms with Crippen molar-refractivity contribution >= 4 is 45.7 Å². The zero-order valence-electron chi connectivity index (χ0n) is 16.7. The zero-order chi connectivity index (χ0) is 22.2. The van der Waals surface area contributed by atoms with Crippen molar-refractivity contribution in [1.82, 2.24) is 10.2 Å². The zero-order valence-corrected chi connectivity index (χ0v) is 18.3. The van der Waals surface area contributed by atoms with E-state index in [1.54, 1.807) is 17.8 Å². The monoisotopic (exact) mass is 462 g/mol. The molecule has 162 valence electrons. The highest BCUT2D eigenvalue weighted by atomic mass is 32.2. The minimum absolute atomic E-state index is 0.290. The molecule has 11 heteroatoms. The summed E-state index contributed by atoms with van der Waals surface area (Å²) in [6.07, 6.45) is 0. The van der Waals surface area contributed by atoms with E-state index >= 15 is 0 Å². The van der Waals surface area contributed by atoms with Crippen LogP contribution in [-0.4, -0.2) is 41.5 Å². The molecule has 3 rings (SSSR count). The molecule has 0 bridgehead atoms. The number of methoxy groups -OCH3 is 1. The van der Waals surface area contributed by atoms with Crippen LogP contribution in [0.5, 0.6) is 11.5 Å². The topological polar surface area (TPSA) is 102 Å². The standard InChI is InChI=1S/C20H19FN4O4S2/c1-3-30-20-25-24-19(31-20)23-18(27)12-4-9-15(16(10-12)28-2)29-11-17(26)22-14-7-5-13(21)6-8-14/h4-10H,3,11H2,1-2H3,(H,22,26)(H,23,24,27). The maximum Gasteiger partial charge on any atom is 0.262 e. The van der Waals surface area contributed by atoms with Gasteiger partial charge in [-0.3, -0.25) is 14.9 Å².